The largest absolute Gasteiger partial charge is 0.508 e. The summed E-state index contributed by atoms with van der Waals surface area (Å²) in [5, 5.41) is 20.0. The molecule has 2 aromatic carbocycles. The third-order valence-electron chi connectivity index (χ3n) is 3.83. The average molecular weight is 402 g/mol. The lowest BCUT2D eigenvalue weighted by molar-refractivity contribution is 0.105. The van der Waals surface area contributed by atoms with Crippen LogP contribution in [-0.2, 0) is 0 Å². The highest BCUT2D eigenvalue weighted by molar-refractivity contribution is 7.17. The number of ketones is 1. The Kier molecular flexibility index (Phi) is 5.48. The highest BCUT2D eigenvalue weighted by Gasteiger charge is 2.15. The molecule has 0 saturated heterocycles. The van der Waals surface area contributed by atoms with Crippen LogP contribution in [0.4, 0.5) is 0 Å². The molecule has 0 saturated carbocycles. The molecule has 0 radical (unpaired) electrons. The quantitative estimate of drug-likeness (QED) is 0.460. The Labute approximate surface area is 165 Å². The summed E-state index contributed by atoms with van der Waals surface area (Å²) in [6.45, 7) is 1.78. The Hall–Kier alpha value is -2.83. The predicted octanol–water partition coefficient (Wildman–Crippen LogP) is 5.09. The van der Waals surface area contributed by atoms with Crippen LogP contribution in [0.5, 0.6) is 17.2 Å². The van der Waals surface area contributed by atoms with Crippen LogP contribution in [0.15, 0.2) is 42.5 Å². The van der Waals surface area contributed by atoms with Crippen LogP contribution in [0.3, 0.4) is 0 Å². The number of phenols is 2. The third-order valence-corrected chi connectivity index (χ3v) is 5.34. The van der Waals surface area contributed by atoms with Gasteiger partial charge in [0, 0.05) is 5.56 Å². The number of carbonyl (C=O) groups is 1. The van der Waals surface area contributed by atoms with E-state index in [-0.39, 0.29) is 28.1 Å². The van der Waals surface area contributed by atoms with Crippen molar-refractivity contribution in [3.8, 4) is 27.8 Å². The maximum Gasteiger partial charge on any atom is 0.197 e. The Morgan fingerprint density at radius 1 is 1.22 bits per heavy atom. The number of ether oxygens (including phenoxy) is 1. The van der Waals surface area contributed by atoms with Gasteiger partial charge in [0.1, 0.15) is 10.8 Å². The Morgan fingerprint density at radius 2 is 1.93 bits per heavy atom. The van der Waals surface area contributed by atoms with Crippen molar-refractivity contribution < 1.29 is 19.7 Å². The summed E-state index contributed by atoms with van der Waals surface area (Å²) < 4.78 is 5.06. The van der Waals surface area contributed by atoms with E-state index < -0.39 is 0 Å². The molecule has 7 heteroatoms. The number of aromatic hydroxyl groups is 2. The van der Waals surface area contributed by atoms with Crippen LogP contribution >= 0.6 is 22.9 Å². The highest BCUT2D eigenvalue weighted by Crippen LogP contribution is 2.35. The maximum atomic E-state index is 12.6. The molecule has 3 rings (SSSR count). The first-order chi connectivity index (χ1) is 12.9. The second-order valence-electron chi connectivity index (χ2n) is 5.73. The molecule has 0 bridgehead atoms. The molecular formula is C20H16ClNO4S. The molecule has 1 aromatic heterocycles. The number of methoxy groups -OCH3 is 1. The summed E-state index contributed by atoms with van der Waals surface area (Å²) in [5.41, 5.74) is 2.10. The summed E-state index contributed by atoms with van der Waals surface area (Å²) in [6, 6.07) is 9.80. The summed E-state index contributed by atoms with van der Waals surface area (Å²) >= 11 is 7.25. The normalized spacial score (nSPS) is 11.1. The van der Waals surface area contributed by atoms with Crippen molar-refractivity contribution in [3.05, 3.63) is 63.6 Å². The zero-order valence-electron chi connectivity index (χ0n) is 14.6. The van der Waals surface area contributed by atoms with Gasteiger partial charge in [-0.15, -0.1) is 11.3 Å². The highest BCUT2D eigenvalue weighted by atomic mass is 35.5. The molecule has 5 nitrogen and oxygen atoms in total. The molecule has 0 spiro atoms. The van der Waals surface area contributed by atoms with Crippen molar-refractivity contribution in [2.45, 2.75) is 6.92 Å². The maximum absolute atomic E-state index is 12.6. The molecule has 1 heterocycles. The average Bonchev–Trinajstić information content (AvgIpc) is 3.04. The van der Waals surface area contributed by atoms with Crippen LogP contribution in [0.25, 0.3) is 16.6 Å². The standard InChI is InChI=1S/C20H16ClNO4S/c1-11-19(27-20(22-11)13-4-6-14(23)7-5-13)16(24)8-3-12-9-15(21)18(25)17(10-12)26-2/h3-10,23,25H,1-2H3/b8-3+. The van der Waals surface area contributed by atoms with Crippen LogP contribution in [-0.4, -0.2) is 28.1 Å². The molecular weight excluding hydrogens is 386 g/mol. The molecule has 3 aromatic rings. The fraction of sp³-hybridized carbons (Fsp3) is 0.100. The number of phenolic OH excluding ortho intramolecular Hbond substituents is 2. The van der Waals surface area contributed by atoms with E-state index in [4.69, 9.17) is 16.3 Å². The van der Waals surface area contributed by atoms with E-state index >= 15 is 0 Å². The van der Waals surface area contributed by atoms with E-state index in [1.54, 1.807) is 49.4 Å². The van der Waals surface area contributed by atoms with Gasteiger partial charge in [-0.1, -0.05) is 17.7 Å². The van der Waals surface area contributed by atoms with Crippen LogP contribution in [0.1, 0.15) is 20.9 Å². The molecule has 27 heavy (non-hydrogen) atoms. The lowest BCUT2D eigenvalue weighted by atomic mass is 10.1. The zero-order valence-corrected chi connectivity index (χ0v) is 16.1. The van der Waals surface area contributed by atoms with Crippen LogP contribution < -0.4 is 4.74 Å². The Balaban J connectivity index is 1.85. The fourth-order valence-electron chi connectivity index (χ4n) is 2.45. The summed E-state index contributed by atoms with van der Waals surface area (Å²) in [5.74, 6) is 0.0881. The van der Waals surface area contributed by atoms with Crippen LogP contribution in [0.2, 0.25) is 5.02 Å². The molecule has 2 N–H and O–H groups in total. The molecule has 138 valence electrons. The molecule has 0 aliphatic rings. The number of rotatable bonds is 5. The summed E-state index contributed by atoms with van der Waals surface area (Å²) in [6.07, 6.45) is 3.04. The Morgan fingerprint density at radius 3 is 2.59 bits per heavy atom. The predicted molar refractivity (Wildman–Crippen MR) is 107 cm³/mol. The lowest BCUT2D eigenvalue weighted by Crippen LogP contribution is -1.93. The van der Waals surface area contributed by atoms with Gasteiger partial charge in [0.05, 0.1) is 22.7 Å². The number of halogens is 1. The summed E-state index contributed by atoms with van der Waals surface area (Å²) in [4.78, 5) is 17.6. The zero-order chi connectivity index (χ0) is 19.6. The van der Waals surface area contributed by atoms with Crippen molar-refractivity contribution in [2.75, 3.05) is 7.11 Å². The number of aryl methyl sites for hydroxylation is 1. The monoisotopic (exact) mass is 401 g/mol. The number of hydrogen-bond donors (Lipinski definition) is 2. The number of carbonyl (C=O) groups excluding carboxylic acids is 1. The third kappa shape index (κ3) is 4.13. The van der Waals surface area contributed by atoms with Gasteiger partial charge < -0.3 is 14.9 Å². The molecule has 0 aliphatic heterocycles. The number of hydrogen-bond acceptors (Lipinski definition) is 6. The number of nitrogens with zero attached hydrogens (tertiary/aromatic N) is 1. The van der Waals surface area contributed by atoms with Gasteiger partial charge in [0.25, 0.3) is 0 Å². The topological polar surface area (TPSA) is 79.7 Å². The minimum absolute atomic E-state index is 0.139. The smallest absolute Gasteiger partial charge is 0.197 e. The minimum Gasteiger partial charge on any atom is -0.508 e. The van der Waals surface area contributed by atoms with E-state index in [0.29, 0.717) is 21.1 Å². The van der Waals surface area contributed by atoms with Crippen molar-refractivity contribution in [1.82, 2.24) is 4.98 Å². The van der Waals surface area contributed by atoms with E-state index in [0.717, 1.165) is 5.56 Å². The minimum atomic E-state index is -0.182. The van der Waals surface area contributed by atoms with Gasteiger partial charge >= 0.3 is 0 Å². The van der Waals surface area contributed by atoms with Crippen LogP contribution in [0, 0.1) is 6.92 Å². The second kappa shape index (κ2) is 7.82. The first-order valence-electron chi connectivity index (χ1n) is 7.94. The van der Waals surface area contributed by atoms with Gasteiger partial charge in [-0.3, -0.25) is 4.79 Å². The first-order valence-corrected chi connectivity index (χ1v) is 9.14. The van der Waals surface area contributed by atoms with Gasteiger partial charge in [0.15, 0.2) is 17.3 Å². The SMILES string of the molecule is COc1cc(/C=C/C(=O)c2sc(-c3ccc(O)cc3)nc2C)cc(Cl)c1O. The van der Waals surface area contributed by atoms with Crippen molar-refractivity contribution in [3.63, 3.8) is 0 Å². The molecule has 0 amide bonds. The number of benzene rings is 2. The number of allylic oxidation sites excluding steroid dienone is 1. The van der Waals surface area contributed by atoms with E-state index in [9.17, 15) is 15.0 Å². The lowest BCUT2D eigenvalue weighted by Gasteiger charge is -2.06. The van der Waals surface area contributed by atoms with Gasteiger partial charge in [-0.05, 0) is 55.0 Å². The van der Waals surface area contributed by atoms with Crippen molar-refractivity contribution in [2.24, 2.45) is 0 Å². The van der Waals surface area contributed by atoms with Gasteiger partial charge in [0.2, 0.25) is 0 Å². The number of thiazole rings is 1. The van der Waals surface area contributed by atoms with E-state index in [2.05, 4.69) is 4.98 Å². The molecule has 0 fully saturated rings. The first kappa shape index (κ1) is 18.9. The number of aromatic nitrogens is 1. The van der Waals surface area contributed by atoms with E-state index in [1.165, 1.54) is 24.5 Å². The molecule has 0 atom stereocenters. The van der Waals surface area contributed by atoms with Crippen molar-refractivity contribution >= 4 is 34.8 Å². The van der Waals surface area contributed by atoms with Gasteiger partial charge in [-0.25, -0.2) is 4.98 Å². The second-order valence-corrected chi connectivity index (χ2v) is 7.14. The van der Waals surface area contributed by atoms with Gasteiger partial charge in [-0.2, -0.15) is 0 Å². The van der Waals surface area contributed by atoms with Crippen molar-refractivity contribution in [1.29, 1.82) is 0 Å². The molecule has 0 unspecified atom stereocenters. The Bertz CT molecular complexity index is 1030. The fourth-order valence-corrected chi connectivity index (χ4v) is 3.66. The molecule has 0 aliphatic carbocycles. The van der Waals surface area contributed by atoms with E-state index in [1.807, 2.05) is 0 Å². The summed E-state index contributed by atoms with van der Waals surface area (Å²) in [7, 11) is 1.43.